The Hall–Kier alpha value is -4.26. The quantitative estimate of drug-likeness (QED) is 0.356. The largest absolute Gasteiger partial charge is 0.494 e. The Balaban J connectivity index is 1.60. The number of benzene rings is 3. The van der Waals surface area contributed by atoms with E-state index in [1.54, 1.807) is 0 Å². The minimum absolute atomic E-state index is 0.150. The molecule has 0 aliphatic rings. The fourth-order valence-corrected chi connectivity index (χ4v) is 3.84. The number of nitrogens with zero attached hydrogens (tertiary/aromatic N) is 2. The van der Waals surface area contributed by atoms with Crippen LogP contribution in [0.5, 0.6) is 5.75 Å². The van der Waals surface area contributed by atoms with Gasteiger partial charge in [-0.15, -0.1) is 0 Å². The SMILES string of the molecule is Nc1c(N(CCCOc2ccccc2)Cc2ccccc2)c(=O)[nH]c(=O)n1Cc1ccccc1. The Morgan fingerprint density at radius 1 is 0.824 bits per heavy atom. The maximum Gasteiger partial charge on any atom is 0.330 e. The molecule has 0 fully saturated rings. The third-order valence-electron chi connectivity index (χ3n) is 5.51. The second-order valence-corrected chi connectivity index (χ2v) is 7.99. The summed E-state index contributed by atoms with van der Waals surface area (Å²) in [5, 5.41) is 0. The van der Waals surface area contributed by atoms with Crippen LogP contribution in [-0.2, 0) is 13.1 Å². The molecule has 3 N–H and O–H groups in total. The van der Waals surface area contributed by atoms with Gasteiger partial charge < -0.3 is 15.4 Å². The fourth-order valence-electron chi connectivity index (χ4n) is 3.84. The molecule has 174 valence electrons. The van der Waals surface area contributed by atoms with Gasteiger partial charge in [-0.05, 0) is 29.7 Å². The van der Waals surface area contributed by atoms with Gasteiger partial charge in [0.25, 0.3) is 5.56 Å². The van der Waals surface area contributed by atoms with Gasteiger partial charge in [0.05, 0.1) is 13.2 Å². The topological polar surface area (TPSA) is 93.3 Å². The minimum Gasteiger partial charge on any atom is -0.494 e. The van der Waals surface area contributed by atoms with E-state index in [-0.39, 0.29) is 12.4 Å². The maximum atomic E-state index is 12.9. The summed E-state index contributed by atoms with van der Waals surface area (Å²) in [6, 6.07) is 29.0. The monoisotopic (exact) mass is 456 g/mol. The minimum atomic E-state index is -0.526. The number of ether oxygens (including phenoxy) is 1. The smallest absolute Gasteiger partial charge is 0.330 e. The summed E-state index contributed by atoms with van der Waals surface area (Å²) in [5.74, 6) is 0.948. The van der Waals surface area contributed by atoms with Gasteiger partial charge in [-0.3, -0.25) is 14.3 Å². The van der Waals surface area contributed by atoms with E-state index in [0.717, 1.165) is 16.9 Å². The van der Waals surface area contributed by atoms with E-state index in [2.05, 4.69) is 4.98 Å². The third-order valence-corrected chi connectivity index (χ3v) is 5.51. The first-order valence-corrected chi connectivity index (χ1v) is 11.2. The van der Waals surface area contributed by atoms with Crippen LogP contribution < -0.4 is 26.6 Å². The van der Waals surface area contributed by atoms with Gasteiger partial charge in [0, 0.05) is 13.1 Å². The number of para-hydroxylation sites is 1. The third kappa shape index (κ3) is 5.75. The molecule has 1 heterocycles. The molecule has 0 radical (unpaired) electrons. The molecule has 4 rings (SSSR count). The van der Waals surface area contributed by atoms with Gasteiger partial charge in [-0.25, -0.2) is 4.79 Å². The Morgan fingerprint density at radius 2 is 1.41 bits per heavy atom. The number of nitrogens with two attached hydrogens (primary N) is 1. The molecule has 0 saturated heterocycles. The number of aromatic amines is 1. The first kappa shape index (κ1) is 22.9. The average molecular weight is 457 g/mol. The van der Waals surface area contributed by atoms with Gasteiger partial charge >= 0.3 is 5.69 Å². The molecule has 0 atom stereocenters. The van der Waals surface area contributed by atoms with Crippen LogP contribution in [0.25, 0.3) is 0 Å². The van der Waals surface area contributed by atoms with E-state index in [1.807, 2.05) is 95.9 Å². The molecular formula is C27H28N4O3. The zero-order valence-corrected chi connectivity index (χ0v) is 18.9. The van der Waals surface area contributed by atoms with Gasteiger partial charge in [-0.1, -0.05) is 78.9 Å². The molecular weight excluding hydrogens is 428 g/mol. The number of aromatic nitrogens is 2. The van der Waals surface area contributed by atoms with Crippen LogP contribution in [-0.4, -0.2) is 22.7 Å². The molecule has 0 amide bonds. The van der Waals surface area contributed by atoms with E-state index >= 15 is 0 Å². The van der Waals surface area contributed by atoms with Gasteiger partial charge in [-0.2, -0.15) is 0 Å². The summed E-state index contributed by atoms with van der Waals surface area (Å²) < 4.78 is 7.23. The maximum absolute atomic E-state index is 12.9. The van der Waals surface area contributed by atoms with Gasteiger partial charge in [0.15, 0.2) is 0 Å². The van der Waals surface area contributed by atoms with Crippen molar-refractivity contribution in [2.75, 3.05) is 23.8 Å². The summed E-state index contributed by atoms with van der Waals surface area (Å²) in [5.41, 5.74) is 7.67. The molecule has 0 saturated carbocycles. The summed E-state index contributed by atoms with van der Waals surface area (Å²) in [6.45, 7) is 1.75. The lowest BCUT2D eigenvalue weighted by atomic mass is 10.2. The van der Waals surface area contributed by atoms with Crippen LogP contribution in [0.1, 0.15) is 17.5 Å². The normalized spacial score (nSPS) is 10.7. The van der Waals surface area contributed by atoms with E-state index in [9.17, 15) is 9.59 Å². The van der Waals surface area contributed by atoms with Crippen molar-refractivity contribution in [2.24, 2.45) is 0 Å². The summed E-state index contributed by atoms with van der Waals surface area (Å²) in [7, 11) is 0. The van der Waals surface area contributed by atoms with E-state index in [1.165, 1.54) is 4.57 Å². The summed E-state index contributed by atoms with van der Waals surface area (Å²) in [6.07, 6.45) is 0.665. The van der Waals surface area contributed by atoms with Gasteiger partial charge in [0.1, 0.15) is 17.3 Å². The van der Waals surface area contributed by atoms with Crippen LogP contribution in [0.15, 0.2) is 101 Å². The molecule has 0 bridgehead atoms. The fraction of sp³-hybridized carbons (Fsp3) is 0.185. The van der Waals surface area contributed by atoms with E-state index < -0.39 is 11.2 Å². The van der Waals surface area contributed by atoms with Gasteiger partial charge in [0.2, 0.25) is 0 Å². The number of hydrogen-bond donors (Lipinski definition) is 2. The molecule has 0 aliphatic carbocycles. The molecule has 34 heavy (non-hydrogen) atoms. The number of nitrogens with one attached hydrogen (secondary N) is 1. The zero-order valence-electron chi connectivity index (χ0n) is 18.9. The van der Waals surface area contributed by atoms with Crippen LogP contribution in [0.2, 0.25) is 0 Å². The van der Waals surface area contributed by atoms with E-state index in [4.69, 9.17) is 10.5 Å². The highest BCUT2D eigenvalue weighted by molar-refractivity contribution is 5.62. The Kier molecular flexibility index (Phi) is 7.45. The van der Waals surface area contributed by atoms with E-state index in [0.29, 0.717) is 31.8 Å². The highest BCUT2D eigenvalue weighted by atomic mass is 16.5. The number of H-pyrrole nitrogens is 1. The van der Waals surface area contributed by atoms with Crippen molar-refractivity contribution in [3.63, 3.8) is 0 Å². The Labute approximate surface area is 198 Å². The summed E-state index contributed by atoms with van der Waals surface area (Å²) >= 11 is 0. The molecule has 1 aromatic heterocycles. The van der Waals surface area contributed by atoms with Crippen LogP contribution in [0.4, 0.5) is 11.5 Å². The Bertz CT molecular complexity index is 1300. The predicted molar refractivity (Wildman–Crippen MR) is 135 cm³/mol. The second-order valence-electron chi connectivity index (χ2n) is 7.99. The number of nitrogen functional groups attached to an aromatic ring is 1. The first-order chi connectivity index (χ1) is 16.6. The van der Waals surface area contributed by atoms with Crippen LogP contribution in [0.3, 0.4) is 0 Å². The average Bonchev–Trinajstić information content (AvgIpc) is 2.86. The van der Waals surface area contributed by atoms with Crippen LogP contribution >= 0.6 is 0 Å². The predicted octanol–water partition coefficient (Wildman–Crippen LogP) is 3.64. The number of rotatable bonds is 10. The van der Waals surface area contributed by atoms with Crippen molar-refractivity contribution >= 4 is 11.5 Å². The number of hydrogen-bond acceptors (Lipinski definition) is 5. The molecule has 7 heteroatoms. The molecule has 0 aliphatic heterocycles. The van der Waals surface area contributed by atoms with Crippen molar-refractivity contribution in [1.82, 2.24) is 9.55 Å². The molecule has 0 spiro atoms. The lowest BCUT2D eigenvalue weighted by Gasteiger charge is -2.26. The lowest BCUT2D eigenvalue weighted by Crippen LogP contribution is -2.39. The molecule has 0 unspecified atom stereocenters. The van der Waals surface area contributed by atoms with Crippen LogP contribution in [0, 0.1) is 0 Å². The zero-order chi connectivity index (χ0) is 23.8. The standard InChI is InChI=1S/C27H28N4O3/c28-25-24(26(32)29-27(33)31(25)20-22-13-6-2-7-14-22)30(19-21-11-4-1-5-12-21)17-10-18-34-23-15-8-3-9-16-23/h1-9,11-16H,10,17-20,28H2,(H,29,32,33). The molecule has 4 aromatic rings. The first-order valence-electron chi connectivity index (χ1n) is 11.2. The van der Waals surface area contributed by atoms with Crippen molar-refractivity contribution in [3.05, 3.63) is 123 Å². The highest BCUT2D eigenvalue weighted by Crippen LogP contribution is 2.21. The van der Waals surface area contributed by atoms with Crippen molar-refractivity contribution in [3.8, 4) is 5.75 Å². The van der Waals surface area contributed by atoms with Crippen molar-refractivity contribution < 1.29 is 4.74 Å². The number of anilines is 2. The molecule has 3 aromatic carbocycles. The Morgan fingerprint density at radius 3 is 2.06 bits per heavy atom. The highest BCUT2D eigenvalue weighted by Gasteiger charge is 2.19. The second kappa shape index (κ2) is 11.0. The van der Waals surface area contributed by atoms with Crippen molar-refractivity contribution in [2.45, 2.75) is 19.5 Å². The van der Waals surface area contributed by atoms with Crippen molar-refractivity contribution in [1.29, 1.82) is 0 Å². The lowest BCUT2D eigenvalue weighted by molar-refractivity contribution is 0.311. The molecule has 7 nitrogen and oxygen atoms in total. The summed E-state index contributed by atoms with van der Waals surface area (Å²) in [4.78, 5) is 29.9.